The van der Waals surface area contributed by atoms with E-state index in [4.69, 9.17) is 18.9 Å². The first-order valence-electron chi connectivity index (χ1n) is 7.13. The molecule has 0 spiro atoms. The Labute approximate surface area is 158 Å². The molecule has 1 aromatic rings. The second-order valence-electron chi connectivity index (χ2n) is 5.29. The van der Waals surface area contributed by atoms with Gasteiger partial charge in [0, 0.05) is 6.42 Å². The Morgan fingerprint density at radius 2 is 1.88 bits per heavy atom. The summed E-state index contributed by atoms with van der Waals surface area (Å²) in [5.74, 6) is 0.716. The lowest BCUT2D eigenvalue weighted by atomic mass is 10.1. The molecule has 9 heteroatoms. The first-order valence-corrected chi connectivity index (χ1v) is 8.66. The molecule has 1 fully saturated rings. The van der Waals surface area contributed by atoms with Crippen molar-refractivity contribution in [1.82, 2.24) is 0 Å². The van der Waals surface area contributed by atoms with Gasteiger partial charge >= 0.3 is 0 Å². The highest BCUT2D eigenvalue weighted by Crippen LogP contribution is 2.47. The molecule has 0 aliphatic carbocycles. The third-order valence-electron chi connectivity index (χ3n) is 3.68. The summed E-state index contributed by atoms with van der Waals surface area (Å²) < 4.78 is 22.4. The molecule has 0 unspecified atom stereocenters. The molecule has 1 aliphatic heterocycles. The van der Waals surface area contributed by atoms with E-state index in [9.17, 15) is 15.0 Å². The van der Waals surface area contributed by atoms with Crippen molar-refractivity contribution in [2.45, 2.75) is 31.8 Å². The minimum Gasteiger partial charge on any atom is -0.492 e. The highest BCUT2D eigenvalue weighted by atomic mass is 127. The minimum atomic E-state index is -0.994. The second-order valence-corrected chi connectivity index (χ2v) is 6.78. The Balaban J connectivity index is 2.50. The van der Waals surface area contributed by atoms with E-state index in [2.05, 4.69) is 12.6 Å². The number of carbonyl (C=O) groups excluding carboxylic acids is 1. The number of rotatable bonds is 5. The lowest BCUT2D eigenvalue weighted by molar-refractivity contribution is -0.199. The van der Waals surface area contributed by atoms with Crippen LogP contribution >= 0.6 is 35.2 Å². The average Bonchev–Trinajstić information content (AvgIpc) is 2.53. The van der Waals surface area contributed by atoms with Crippen molar-refractivity contribution < 1.29 is 34.0 Å². The van der Waals surface area contributed by atoms with Gasteiger partial charge in [0.1, 0.15) is 6.10 Å². The van der Waals surface area contributed by atoms with E-state index in [0.29, 0.717) is 14.9 Å². The quantitative estimate of drug-likeness (QED) is 0.444. The van der Waals surface area contributed by atoms with Crippen LogP contribution in [0.4, 0.5) is 0 Å². The molecule has 2 N–H and O–H groups in total. The van der Waals surface area contributed by atoms with Crippen molar-refractivity contribution in [2.75, 3.05) is 20.8 Å². The maximum Gasteiger partial charge on any atom is 0.226 e. The predicted octanol–water partition coefficient (Wildman–Crippen LogP) is 1.53. The van der Waals surface area contributed by atoms with E-state index in [1.807, 2.05) is 22.6 Å². The summed E-state index contributed by atoms with van der Waals surface area (Å²) in [4.78, 5) is 11.8. The van der Waals surface area contributed by atoms with E-state index < -0.39 is 23.6 Å². The number of benzene rings is 1. The van der Waals surface area contributed by atoms with Gasteiger partial charge in [-0.15, -0.1) is 12.6 Å². The van der Waals surface area contributed by atoms with Crippen LogP contribution in [0.25, 0.3) is 0 Å². The summed E-state index contributed by atoms with van der Waals surface area (Å²) in [6.07, 6.45) is -2.54. The topological polar surface area (TPSA) is 94.5 Å². The molecule has 0 bridgehead atoms. The van der Waals surface area contributed by atoms with Gasteiger partial charge in [0.2, 0.25) is 17.2 Å². The highest BCUT2D eigenvalue weighted by Gasteiger charge is 2.34. The van der Waals surface area contributed by atoms with Crippen LogP contribution in [0.15, 0.2) is 0 Å². The van der Waals surface area contributed by atoms with Crippen LogP contribution in [-0.2, 0) is 4.74 Å². The number of aliphatic hydroxyl groups is 2. The third-order valence-corrected chi connectivity index (χ3v) is 5.20. The summed E-state index contributed by atoms with van der Waals surface area (Å²) in [7, 11) is 2.83. The normalized spacial score (nSPS) is 23.7. The minimum absolute atomic E-state index is 0.0595. The number of aliphatic hydroxyl groups excluding tert-OH is 2. The third kappa shape index (κ3) is 3.74. The SMILES string of the molecule is COc1c(O[C@@H]2OC[C@H](O)C[C@H]2O)c(I)c(C)c(C(=O)S)c1OC. The van der Waals surface area contributed by atoms with Crippen LogP contribution in [0.1, 0.15) is 22.3 Å². The van der Waals surface area contributed by atoms with Gasteiger partial charge in [0.25, 0.3) is 0 Å². The average molecular weight is 470 g/mol. The molecule has 0 radical (unpaired) electrons. The molecular weight excluding hydrogens is 451 g/mol. The van der Waals surface area contributed by atoms with Gasteiger partial charge in [-0.25, -0.2) is 0 Å². The number of hydrogen-bond donors (Lipinski definition) is 3. The van der Waals surface area contributed by atoms with Crippen molar-refractivity contribution in [2.24, 2.45) is 0 Å². The van der Waals surface area contributed by atoms with Gasteiger partial charge in [0.05, 0.1) is 36.1 Å². The lowest BCUT2D eigenvalue weighted by Crippen LogP contribution is -2.44. The number of hydrogen-bond acceptors (Lipinski definition) is 7. The van der Waals surface area contributed by atoms with Crippen LogP contribution in [0.5, 0.6) is 17.2 Å². The molecule has 0 amide bonds. The zero-order valence-corrected chi connectivity index (χ0v) is 16.5. The Morgan fingerprint density at radius 3 is 2.38 bits per heavy atom. The van der Waals surface area contributed by atoms with E-state index in [1.165, 1.54) is 14.2 Å². The maximum absolute atomic E-state index is 11.8. The summed E-state index contributed by atoms with van der Waals surface area (Å²) in [6, 6.07) is 0. The number of ether oxygens (including phenoxy) is 4. The number of halogens is 1. The number of carbonyl (C=O) groups is 1. The monoisotopic (exact) mass is 470 g/mol. The predicted molar refractivity (Wildman–Crippen MR) is 97.3 cm³/mol. The Hall–Kier alpha value is -0.750. The van der Waals surface area contributed by atoms with E-state index in [1.54, 1.807) is 6.92 Å². The van der Waals surface area contributed by atoms with Gasteiger partial charge in [-0.3, -0.25) is 4.79 Å². The molecule has 1 aliphatic rings. The molecule has 1 saturated heterocycles. The fourth-order valence-electron chi connectivity index (χ4n) is 2.51. The zero-order valence-electron chi connectivity index (χ0n) is 13.4. The smallest absolute Gasteiger partial charge is 0.226 e. The molecule has 1 aromatic carbocycles. The fourth-order valence-corrected chi connectivity index (χ4v) is 3.42. The van der Waals surface area contributed by atoms with Gasteiger partial charge in [0.15, 0.2) is 11.5 Å². The van der Waals surface area contributed by atoms with E-state index in [0.717, 1.165) is 0 Å². The highest BCUT2D eigenvalue weighted by molar-refractivity contribution is 14.1. The van der Waals surface area contributed by atoms with Gasteiger partial charge in [-0.1, -0.05) is 0 Å². The molecule has 3 atom stereocenters. The van der Waals surface area contributed by atoms with Crippen LogP contribution in [0.2, 0.25) is 0 Å². The van der Waals surface area contributed by atoms with Crippen LogP contribution in [-0.4, -0.2) is 54.7 Å². The maximum atomic E-state index is 11.8. The van der Waals surface area contributed by atoms with Crippen LogP contribution < -0.4 is 14.2 Å². The Kier molecular flexibility index (Phi) is 6.59. The molecule has 0 saturated carbocycles. The summed E-state index contributed by atoms with van der Waals surface area (Å²) >= 11 is 5.91. The molecule has 134 valence electrons. The molecule has 0 aromatic heterocycles. The van der Waals surface area contributed by atoms with Crippen molar-refractivity contribution in [3.63, 3.8) is 0 Å². The molecule has 24 heavy (non-hydrogen) atoms. The van der Waals surface area contributed by atoms with Gasteiger partial charge in [-0.2, -0.15) is 0 Å². The number of methoxy groups -OCH3 is 2. The van der Waals surface area contributed by atoms with Gasteiger partial charge < -0.3 is 29.2 Å². The van der Waals surface area contributed by atoms with Crippen LogP contribution in [0.3, 0.4) is 0 Å². The van der Waals surface area contributed by atoms with Crippen molar-refractivity contribution in [1.29, 1.82) is 0 Å². The molecule has 7 nitrogen and oxygen atoms in total. The zero-order chi connectivity index (χ0) is 18.0. The van der Waals surface area contributed by atoms with Crippen LogP contribution in [0, 0.1) is 10.5 Å². The molecule has 2 rings (SSSR count). The fraction of sp³-hybridized carbons (Fsp3) is 0.533. The van der Waals surface area contributed by atoms with Crippen molar-refractivity contribution in [3.8, 4) is 17.2 Å². The summed E-state index contributed by atoms with van der Waals surface area (Å²) in [6.45, 7) is 1.80. The Morgan fingerprint density at radius 1 is 1.25 bits per heavy atom. The molecule has 1 heterocycles. The first kappa shape index (κ1) is 19.6. The first-order chi connectivity index (χ1) is 11.3. The van der Waals surface area contributed by atoms with Gasteiger partial charge in [-0.05, 0) is 35.1 Å². The number of thiol groups is 1. The second kappa shape index (κ2) is 8.09. The van der Waals surface area contributed by atoms with E-state index in [-0.39, 0.29) is 30.1 Å². The largest absolute Gasteiger partial charge is 0.492 e. The van der Waals surface area contributed by atoms with E-state index >= 15 is 0 Å². The lowest BCUT2D eigenvalue weighted by Gasteiger charge is -2.32. The van der Waals surface area contributed by atoms with Crippen molar-refractivity contribution in [3.05, 3.63) is 14.7 Å². The standard InChI is InChI=1S/C15H19IO7S/c1-6-9(14(19)24)11(20-2)13(21-3)12(10(6)16)23-15-8(18)4-7(17)5-22-15/h7-8,15,17-18H,4-5H2,1-3H3,(H,19,24)/t7-,8-,15+/m1/s1. The Bertz CT molecular complexity index is 637. The summed E-state index contributed by atoms with van der Waals surface area (Å²) in [5, 5.41) is 19.1. The summed E-state index contributed by atoms with van der Waals surface area (Å²) in [5.41, 5.74) is 0.906. The molecular formula is C15H19IO7S. The van der Waals surface area contributed by atoms with Crippen molar-refractivity contribution >= 4 is 40.3 Å².